The second-order valence-electron chi connectivity index (χ2n) is 4.56. The van der Waals surface area contributed by atoms with Gasteiger partial charge < -0.3 is 5.32 Å². The van der Waals surface area contributed by atoms with Crippen LogP contribution < -0.4 is 5.32 Å². The van der Waals surface area contributed by atoms with Crippen LogP contribution in [0.3, 0.4) is 0 Å². The van der Waals surface area contributed by atoms with Crippen molar-refractivity contribution in [3.05, 3.63) is 34.3 Å². The lowest BCUT2D eigenvalue weighted by molar-refractivity contribution is 0.664. The molecule has 0 bridgehead atoms. The molecule has 0 radical (unpaired) electrons. The van der Waals surface area contributed by atoms with Crippen LogP contribution in [0.25, 0.3) is 5.95 Å². The lowest BCUT2D eigenvalue weighted by Gasteiger charge is -2.06. The number of nitrogens with one attached hydrogen (secondary N) is 1. The molecule has 1 N–H and O–H groups in total. The molecular weight excluding hydrogens is 294 g/mol. The number of aryl methyl sites for hydroxylation is 1. The summed E-state index contributed by atoms with van der Waals surface area (Å²) in [5.74, 6) is 0.619. The monoisotopic (exact) mass is 307 g/mol. The minimum Gasteiger partial charge on any atom is -0.308 e. The normalized spacial score (nSPS) is 15.0. The van der Waals surface area contributed by atoms with E-state index in [2.05, 4.69) is 36.3 Å². The van der Waals surface area contributed by atoms with E-state index in [-0.39, 0.29) is 0 Å². The van der Waals surface area contributed by atoms with E-state index in [1.165, 1.54) is 12.8 Å². The van der Waals surface area contributed by atoms with Crippen LogP contribution in [0.5, 0.6) is 0 Å². The van der Waals surface area contributed by atoms with Crippen molar-refractivity contribution in [3.8, 4) is 5.95 Å². The second kappa shape index (κ2) is 4.78. The van der Waals surface area contributed by atoms with Crippen LogP contribution in [-0.4, -0.2) is 25.8 Å². The first-order valence-corrected chi connectivity index (χ1v) is 6.78. The number of aromatic nitrogens is 4. The summed E-state index contributed by atoms with van der Waals surface area (Å²) in [7, 11) is 0. The first-order chi connectivity index (χ1) is 8.70. The van der Waals surface area contributed by atoms with Crippen molar-refractivity contribution in [2.45, 2.75) is 32.4 Å². The average molecular weight is 308 g/mol. The van der Waals surface area contributed by atoms with Gasteiger partial charge in [-0.05, 0) is 41.8 Å². The lowest BCUT2D eigenvalue weighted by Crippen LogP contribution is -2.17. The topological polar surface area (TPSA) is 55.6 Å². The van der Waals surface area contributed by atoms with Gasteiger partial charge in [0.15, 0.2) is 0 Å². The standard InChI is InChI=1S/C12H14BrN5/c1-8-4-11(6-14-10-2-3-10)17-12(16-8)18-7-9(13)5-15-18/h4-5,7,10,14H,2-3,6H2,1H3. The summed E-state index contributed by atoms with van der Waals surface area (Å²) in [6, 6.07) is 2.69. The Labute approximate surface area is 114 Å². The third-order valence-corrected chi connectivity index (χ3v) is 3.21. The lowest BCUT2D eigenvalue weighted by atomic mass is 10.3. The molecule has 2 aromatic rings. The molecule has 94 valence electrons. The largest absolute Gasteiger partial charge is 0.308 e. The summed E-state index contributed by atoms with van der Waals surface area (Å²) >= 11 is 3.37. The summed E-state index contributed by atoms with van der Waals surface area (Å²) in [4.78, 5) is 8.92. The molecule has 0 aromatic carbocycles. The molecule has 0 spiro atoms. The van der Waals surface area contributed by atoms with E-state index in [4.69, 9.17) is 0 Å². The highest BCUT2D eigenvalue weighted by Gasteiger charge is 2.20. The average Bonchev–Trinajstić information content (AvgIpc) is 3.07. The van der Waals surface area contributed by atoms with E-state index in [0.717, 1.165) is 22.4 Å². The van der Waals surface area contributed by atoms with E-state index in [1.807, 2.05) is 19.2 Å². The van der Waals surface area contributed by atoms with E-state index in [9.17, 15) is 0 Å². The third-order valence-electron chi connectivity index (χ3n) is 2.80. The summed E-state index contributed by atoms with van der Waals surface area (Å²) in [5.41, 5.74) is 1.97. The molecular formula is C12H14BrN5. The molecule has 18 heavy (non-hydrogen) atoms. The molecule has 0 saturated heterocycles. The zero-order valence-corrected chi connectivity index (χ0v) is 11.7. The van der Waals surface area contributed by atoms with E-state index < -0.39 is 0 Å². The van der Waals surface area contributed by atoms with Gasteiger partial charge in [-0.1, -0.05) is 0 Å². The minimum absolute atomic E-state index is 0.619. The SMILES string of the molecule is Cc1cc(CNC2CC2)nc(-n2cc(Br)cn2)n1. The Morgan fingerprint density at radius 3 is 2.94 bits per heavy atom. The molecule has 1 aliphatic carbocycles. The van der Waals surface area contributed by atoms with Crippen LogP contribution >= 0.6 is 15.9 Å². The maximum absolute atomic E-state index is 4.52. The molecule has 1 saturated carbocycles. The number of nitrogens with zero attached hydrogens (tertiary/aromatic N) is 4. The van der Waals surface area contributed by atoms with E-state index in [1.54, 1.807) is 10.9 Å². The molecule has 6 heteroatoms. The van der Waals surface area contributed by atoms with Gasteiger partial charge in [-0.3, -0.25) is 0 Å². The van der Waals surface area contributed by atoms with E-state index in [0.29, 0.717) is 12.0 Å². The Bertz CT molecular complexity index is 561. The van der Waals surface area contributed by atoms with Crippen molar-refractivity contribution in [1.29, 1.82) is 0 Å². The van der Waals surface area contributed by atoms with Gasteiger partial charge in [-0.2, -0.15) is 5.10 Å². The van der Waals surface area contributed by atoms with Crippen LogP contribution in [0, 0.1) is 6.92 Å². The van der Waals surface area contributed by atoms with Gasteiger partial charge in [0, 0.05) is 24.5 Å². The van der Waals surface area contributed by atoms with Gasteiger partial charge in [-0.15, -0.1) is 0 Å². The number of rotatable bonds is 4. The highest BCUT2D eigenvalue weighted by atomic mass is 79.9. The summed E-state index contributed by atoms with van der Waals surface area (Å²) < 4.78 is 2.60. The van der Waals surface area contributed by atoms with Crippen LogP contribution in [0.2, 0.25) is 0 Å². The predicted molar refractivity (Wildman–Crippen MR) is 71.5 cm³/mol. The molecule has 0 atom stereocenters. The number of halogens is 1. The van der Waals surface area contributed by atoms with Gasteiger partial charge in [-0.25, -0.2) is 14.6 Å². The highest BCUT2D eigenvalue weighted by molar-refractivity contribution is 9.10. The van der Waals surface area contributed by atoms with Gasteiger partial charge in [0.1, 0.15) is 0 Å². The zero-order chi connectivity index (χ0) is 12.5. The second-order valence-corrected chi connectivity index (χ2v) is 5.47. The molecule has 5 nitrogen and oxygen atoms in total. The summed E-state index contributed by atoms with van der Waals surface area (Å²) in [6.07, 6.45) is 6.15. The van der Waals surface area contributed by atoms with Crippen molar-refractivity contribution in [3.63, 3.8) is 0 Å². The van der Waals surface area contributed by atoms with Gasteiger partial charge in [0.2, 0.25) is 0 Å². The summed E-state index contributed by atoms with van der Waals surface area (Å²) in [6.45, 7) is 2.77. The fourth-order valence-electron chi connectivity index (χ4n) is 1.76. The fourth-order valence-corrected chi connectivity index (χ4v) is 2.04. The number of hydrogen-bond acceptors (Lipinski definition) is 4. The minimum atomic E-state index is 0.619. The quantitative estimate of drug-likeness (QED) is 0.938. The molecule has 3 rings (SSSR count). The summed E-state index contributed by atoms with van der Waals surface area (Å²) in [5, 5.41) is 7.65. The van der Waals surface area contributed by atoms with Crippen molar-refractivity contribution in [2.24, 2.45) is 0 Å². The fraction of sp³-hybridized carbons (Fsp3) is 0.417. The molecule has 0 amide bonds. The number of hydrogen-bond donors (Lipinski definition) is 1. The van der Waals surface area contributed by atoms with Crippen molar-refractivity contribution < 1.29 is 0 Å². The van der Waals surface area contributed by atoms with Crippen LogP contribution in [0.4, 0.5) is 0 Å². The highest BCUT2D eigenvalue weighted by Crippen LogP contribution is 2.19. The Kier molecular flexibility index (Phi) is 3.13. The first-order valence-electron chi connectivity index (χ1n) is 5.99. The van der Waals surface area contributed by atoms with Crippen LogP contribution in [0.1, 0.15) is 24.2 Å². The molecule has 2 heterocycles. The van der Waals surface area contributed by atoms with Gasteiger partial charge >= 0.3 is 0 Å². The Balaban J connectivity index is 1.84. The Hall–Kier alpha value is -1.27. The van der Waals surface area contributed by atoms with Crippen molar-refractivity contribution in [1.82, 2.24) is 25.1 Å². The zero-order valence-electron chi connectivity index (χ0n) is 10.1. The molecule has 1 aliphatic rings. The maximum atomic E-state index is 4.52. The van der Waals surface area contributed by atoms with Crippen molar-refractivity contribution in [2.75, 3.05) is 0 Å². The van der Waals surface area contributed by atoms with Crippen LogP contribution in [0.15, 0.2) is 22.9 Å². The molecule has 1 fully saturated rings. The van der Waals surface area contributed by atoms with Gasteiger partial charge in [0.05, 0.1) is 16.4 Å². The maximum Gasteiger partial charge on any atom is 0.251 e. The van der Waals surface area contributed by atoms with Crippen molar-refractivity contribution >= 4 is 15.9 Å². The predicted octanol–water partition coefficient (Wildman–Crippen LogP) is 1.99. The van der Waals surface area contributed by atoms with E-state index >= 15 is 0 Å². The molecule has 0 aliphatic heterocycles. The molecule has 0 unspecified atom stereocenters. The molecule has 2 aromatic heterocycles. The Morgan fingerprint density at radius 1 is 1.44 bits per heavy atom. The smallest absolute Gasteiger partial charge is 0.251 e. The Morgan fingerprint density at radius 2 is 2.28 bits per heavy atom. The van der Waals surface area contributed by atoms with Crippen LogP contribution in [-0.2, 0) is 6.54 Å². The third kappa shape index (κ3) is 2.76. The van der Waals surface area contributed by atoms with Gasteiger partial charge in [0.25, 0.3) is 5.95 Å². The first kappa shape index (κ1) is 11.8.